The van der Waals surface area contributed by atoms with Crippen LogP contribution in [0.2, 0.25) is 0 Å². The predicted molar refractivity (Wildman–Crippen MR) is 104 cm³/mol. The van der Waals surface area contributed by atoms with Crippen LogP contribution in [-0.4, -0.2) is 25.2 Å². The molecule has 0 saturated heterocycles. The summed E-state index contributed by atoms with van der Waals surface area (Å²) in [4.78, 5) is 48.9. The fourth-order valence-electron chi connectivity index (χ4n) is 2.75. The summed E-state index contributed by atoms with van der Waals surface area (Å²) < 4.78 is 6.41. The molecule has 0 aliphatic rings. The predicted octanol–water partition coefficient (Wildman–Crippen LogP) is 2.04. The second-order valence-corrected chi connectivity index (χ2v) is 7.00. The van der Waals surface area contributed by atoms with E-state index in [4.69, 9.17) is 0 Å². The highest BCUT2D eigenvalue weighted by atomic mass is 32.1. The number of hydrogen-bond donors (Lipinski definition) is 1. The molecule has 0 radical (unpaired) electrons. The van der Waals surface area contributed by atoms with Gasteiger partial charge < -0.3 is 5.32 Å². The number of carbonyl (C=O) groups is 2. The lowest BCUT2D eigenvalue weighted by Crippen LogP contribution is -2.42. The molecule has 140 valence electrons. The highest BCUT2D eigenvalue weighted by Crippen LogP contribution is 2.13. The number of aromatic nitrogens is 3. The van der Waals surface area contributed by atoms with E-state index in [1.165, 1.54) is 11.5 Å². The smallest absolute Gasteiger partial charge is 0.325 e. The van der Waals surface area contributed by atoms with Crippen LogP contribution in [0.25, 0.3) is 11.0 Å². The van der Waals surface area contributed by atoms with E-state index in [2.05, 4.69) is 9.69 Å². The molecule has 9 heteroatoms. The molecule has 3 rings (SSSR count). The topological polar surface area (TPSA) is 103 Å². The summed E-state index contributed by atoms with van der Waals surface area (Å²) in [6.07, 6.45) is 0. The summed E-state index contributed by atoms with van der Waals surface area (Å²) in [6.45, 7) is 4.66. The Hall–Kier alpha value is -3.07. The summed E-state index contributed by atoms with van der Waals surface area (Å²) in [5, 5.41) is 4.27. The lowest BCUT2D eigenvalue weighted by Gasteiger charge is -2.14. The van der Waals surface area contributed by atoms with Gasteiger partial charge in [0.1, 0.15) is 6.54 Å². The second kappa shape index (κ2) is 7.28. The van der Waals surface area contributed by atoms with Crippen LogP contribution in [0, 0.1) is 0 Å². The maximum atomic E-state index is 12.7. The van der Waals surface area contributed by atoms with Crippen LogP contribution in [-0.2, 0) is 11.3 Å². The zero-order chi connectivity index (χ0) is 19.7. The van der Waals surface area contributed by atoms with Crippen LogP contribution in [0.1, 0.15) is 37.2 Å². The Morgan fingerprint density at radius 2 is 1.85 bits per heavy atom. The van der Waals surface area contributed by atoms with Crippen molar-refractivity contribution >= 4 is 39.9 Å². The number of anilines is 1. The molecule has 2 aromatic heterocycles. The Balaban J connectivity index is 1.93. The highest BCUT2D eigenvalue weighted by Gasteiger charge is 2.18. The molecule has 27 heavy (non-hydrogen) atoms. The van der Waals surface area contributed by atoms with E-state index in [0.717, 1.165) is 16.1 Å². The van der Waals surface area contributed by atoms with E-state index < -0.39 is 17.2 Å². The average molecular weight is 386 g/mol. The molecule has 2 heterocycles. The van der Waals surface area contributed by atoms with Gasteiger partial charge in [-0.2, -0.15) is 4.37 Å². The number of nitrogens with zero attached hydrogens (tertiary/aromatic N) is 3. The van der Waals surface area contributed by atoms with Crippen molar-refractivity contribution in [1.29, 1.82) is 0 Å². The van der Waals surface area contributed by atoms with E-state index in [1.807, 2.05) is 0 Å². The molecule has 0 bridgehead atoms. The van der Waals surface area contributed by atoms with Crippen LogP contribution in [0.5, 0.6) is 0 Å². The lowest BCUT2D eigenvalue weighted by atomic mass is 10.1. The molecule has 1 N–H and O–H groups in total. The molecular weight excluding hydrogens is 368 g/mol. The van der Waals surface area contributed by atoms with Crippen molar-refractivity contribution in [1.82, 2.24) is 13.5 Å². The van der Waals surface area contributed by atoms with E-state index >= 15 is 0 Å². The first-order valence-corrected chi connectivity index (χ1v) is 9.13. The molecule has 0 aliphatic heterocycles. The maximum Gasteiger partial charge on any atom is 0.332 e. The minimum atomic E-state index is -0.551. The first-order valence-electron chi connectivity index (χ1n) is 8.30. The van der Waals surface area contributed by atoms with E-state index in [0.29, 0.717) is 16.8 Å². The summed E-state index contributed by atoms with van der Waals surface area (Å²) in [5.41, 5.74) is 0.558. The van der Waals surface area contributed by atoms with Gasteiger partial charge in [0.25, 0.3) is 5.56 Å². The van der Waals surface area contributed by atoms with Gasteiger partial charge in [0, 0.05) is 22.7 Å². The maximum absolute atomic E-state index is 12.7. The number of ketones is 1. The standard InChI is InChI=1S/C18H18N4O4S/c1-10(2)22-17(25)16-14(9-27-20-16)21(18(22)26)8-15(24)19-13-6-4-12(5-7-13)11(3)23/h4-7,9-10H,8H2,1-3H3,(H,19,24). The Labute approximate surface area is 158 Å². The molecule has 3 aromatic rings. The van der Waals surface area contributed by atoms with Crippen molar-refractivity contribution in [3.8, 4) is 0 Å². The van der Waals surface area contributed by atoms with Crippen molar-refractivity contribution < 1.29 is 9.59 Å². The minimum Gasteiger partial charge on any atom is -0.325 e. The van der Waals surface area contributed by atoms with Gasteiger partial charge >= 0.3 is 5.69 Å². The third kappa shape index (κ3) is 3.59. The number of carbonyl (C=O) groups excluding carboxylic acids is 2. The summed E-state index contributed by atoms with van der Waals surface area (Å²) in [7, 11) is 0. The monoisotopic (exact) mass is 386 g/mol. The number of rotatable bonds is 5. The van der Waals surface area contributed by atoms with Crippen LogP contribution in [0.3, 0.4) is 0 Å². The summed E-state index contributed by atoms with van der Waals surface area (Å²) >= 11 is 1.06. The third-order valence-electron chi connectivity index (χ3n) is 4.09. The van der Waals surface area contributed by atoms with Gasteiger partial charge in [-0.3, -0.25) is 23.5 Å². The van der Waals surface area contributed by atoms with E-state index in [9.17, 15) is 19.2 Å². The number of amides is 1. The molecule has 0 fully saturated rings. The van der Waals surface area contributed by atoms with Crippen LogP contribution >= 0.6 is 11.5 Å². The molecule has 0 atom stereocenters. The van der Waals surface area contributed by atoms with Crippen LogP contribution in [0.4, 0.5) is 5.69 Å². The first kappa shape index (κ1) is 18.7. The van der Waals surface area contributed by atoms with Crippen molar-refractivity contribution in [2.24, 2.45) is 0 Å². The first-order chi connectivity index (χ1) is 12.8. The molecule has 0 saturated carbocycles. The average Bonchev–Trinajstić information content (AvgIpc) is 3.09. The largest absolute Gasteiger partial charge is 0.332 e. The van der Waals surface area contributed by atoms with E-state index in [1.54, 1.807) is 43.5 Å². The van der Waals surface area contributed by atoms with Gasteiger partial charge in [0.05, 0.1) is 5.52 Å². The van der Waals surface area contributed by atoms with Gasteiger partial charge in [0.15, 0.2) is 11.3 Å². The Morgan fingerprint density at radius 3 is 2.44 bits per heavy atom. The quantitative estimate of drug-likeness (QED) is 0.676. The number of hydrogen-bond acceptors (Lipinski definition) is 6. The zero-order valence-electron chi connectivity index (χ0n) is 15.1. The van der Waals surface area contributed by atoms with Crippen LogP contribution < -0.4 is 16.6 Å². The Bertz CT molecular complexity index is 1140. The Kier molecular flexibility index (Phi) is 5.04. The number of nitrogens with one attached hydrogen (secondary N) is 1. The number of Topliss-reactive ketones (excluding diaryl/α,β-unsaturated/α-hetero) is 1. The van der Waals surface area contributed by atoms with Crippen LogP contribution in [0.15, 0.2) is 39.2 Å². The van der Waals surface area contributed by atoms with E-state index in [-0.39, 0.29) is 23.9 Å². The third-order valence-corrected chi connectivity index (χ3v) is 4.71. The molecule has 0 aliphatic carbocycles. The van der Waals surface area contributed by atoms with Gasteiger partial charge in [-0.1, -0.05) is 0 Å². The highest BCUT2D eigenvalue weighted by molar-refractivity contribution is 7.04. The van der Waals surface area contributed by atoms with Gasteiger partial charge in [-0.25, -0.2) is 4.79 Å². The fraction of sp³-hybridized carbons (Fsp3) is 0.278. The second-order valence-electron chi connectivity index (χ2n) is 6.37. The molecule has 1 amide bonds. The molecule has 0 spiro atoms. The van der Waals surface area contributed by atoms with Gasteiger partial charge in [-0.15, -0.1) is 0 Å². The SMILES string of the molecule is CC(=O)c1ccc(NC(=O)Cn2c(=O)n(C(C)C)c(=O)c3nscc32)cc1. The van der Waals surface area contributed by atoms with Crippen molar-refractivity contribution in [2.45, 2.75) is 33.4 Å². The number of benzene rings is 1. The zero-order valence-corrected chi connectivity index (χ0v) is 15.9. The van der Waals surface area contributed by atoms with Gasteiger partial charge in [-0.05, 0) is 56.6 Å². The van der Waals surface area contributed by atoms with Gasteiger partial charge in [0.2, 0.25) is 5.91 Å². The van der Waals surface area contributed by atoms with Crippen molar-refractivity contribution in [3.05, 3.63) is 56.0 Å². The summed E-state index contributed by atoms with van der Waals surface area (Å²) in [5.74, 6) is -0.489. The van der Waals surface area contributed by atoms with Crippen molar-refractivity contribution in [3.63, 3.8) is 0 Å². The fourth-order valence-corrected chi connectivity index (χ4v) is 3.41. The molecular formula is C18H18N4O4S. The Morgan fingerprint density at radius 1 is 1.19 bits per heavy atom. The molecule has 0 unspecified atom stereocenters. The number of fused-ring (bicyclic) bond motifs is 1. The summed E-state index contributed by atoms with van der Waals surface area (Å²) in [6, 6.07) is 6.11. The minimum absolute atomic E-state index is 0.0669. The lowest BCUT2D eigenvalue weighted by molar-refractivity contribution is -0.116. The normalized spacial score (nSPS) is 11.1. The molecule has 8 nitrogen and oxygen atoms in total. The molecule has 1 aromatic carbocycles. The van der Waals surface area contributed by atoms with Crippen molar-refractivity contribution in [2.75, 3.05) is 5.32 Å².